The Bertz CT molecular complexity index is 453. The number of methoxy groups -OCH3 is 1. The summed E-state index contributed by atoms with van der Waals surface area (Å²) in [6.07, 6.45) is 2.34. The standard InChI is InChI=1S/C14H19N3O/c1-17-7-3-4-12(10-17)16-14-8-13(18-2)6-5-11(14)9-15/h5-6,8,12,16H,3-4,7,10H2,1-2H3. The van der Waals surface area contributed by atoms with Crippen LogP contribution in [0.25, 0.3) is 0 Å². The summed E-state index contributed by atoms with van der Waals surface area (Å²) in [4.78, 5) is 2.31. The summed E-state index contributed by atoms with van der Waals surface area (Å²) in [5.41, 5.74) is 1.54. The molecule has 1 aromatic rings. The van der Waals surface area contributed by atoms with Crippen LogP contribution in [0.2, 0.25) is 0 Å². The van der Waals surface area contributed by atoms with Crippen LogP contribution in [0.15, 0.2) is 18.2 Å². The fraction of sp³-hybridized carbons (Fsp3) is 0.500. The van der Waals surface area contributed by atoms with Gasteiger partial charge in [-0.3, -0.25) is 0 Å². The molecule has 4 nitrogen and oxygen atoms in total. The number of rotatable bonds is 3. The predicted octanol–water partition coefficient (Wildman–Crippen LogP) is 2.07. The van der Waals surface area contributed by atoms with E-state index in [1.54, 1.807) is 13.2 Å². The van der Waals surface area contributed by atoms with Gasteiger partial charge in [0.15, 0.2) is 0 Å². The largest absolute Gasteiger partial charge is 0.497 e. The van der Waals surface area contributed by atoms with Gasteiger partial charge in [-0.1, -0.05) is 0 Å². The number of hydrogen-bond donors (Lipinski definition) is 1. The molecule has 1 aliphatic rings. The van der Waals surface area contributed by atoms with Gasteiger partial charge in [-0.15, -0.1) is 0 Å². The van der Waals surface area contributed by atoms with Gasteiger partial charge in [0.05, 0.1) is 18.4 Å². The van der Waals surface area contributed by atoms with E-state index >= 15 is 0 Å². The molecule has 1 aliphatic heterocycles. The summed E-state index contributed by atoms with van der Waals surface area (Å²) < 4.78 is 5.20. The third-order valence-corrected chi connectivity index (χ3v) is 3.33. The van der Waals surface area contributed by atoms with Gasteiger partial charge in [0.2, 0.25) is 0 Å². The van der Waals surface area contributed by atoms with Gasteiger partial charge in [-0.05, 0) is 38.6 Å². The Morgan fingerprint density at radius 1 is 1.50 bits per heavy atom. The average Bonchev–Trinajstić information content (AvgIpc) is 2.38. The van der Waals surface area contributed by atoms with Gasteiger partial charge < -0.3 is 15.0 Å². The summed E-state index contributed by atoms with van der Waals surface area (Å²) in [5.74, 6) is 0.778. The van der Waals surface area contributed by atoms with E-state index in [9.17, 15) is 0 Å². The van der Waals surface area contributed by atoms with E-state index in [1.165, 1.54) is 6.42 Å². The quantitative estimate of drug-likeness (QED) is 0.885. The lowest BCUT2D eigenvalue weighted by Crippen LogP contribution is -2.39. The first-order valence-electron chi connectivity index (χ1n) is 6.26. The summed E-state index contributed by atoms with van der Waals surface area (Å²) in [5, 5.41) is 12.6. The summed E-state index contributed by atoms with van der Waals surface area (Å²) in [6, 6.07) is 8.13. The number of benzene rings is 1. The summed E-state index contributed by atoms with van der Waals surface area (Å²) >= 11 is 0. The van der Waals surface area contributed by atoms with Gasteiger partial charge in [-0.2, -0.15) is 5.26 Å². The molecule has 0 aromatic heterocycles. The lowest BCUT2D eigenvalue weighted by atomic mass is 10.0. The van der Waals surface area contributed by atoms with Crippen LogP contribution in [0.4, 0.5) is 5.69 Å². The Morgan fingerprint density at radius 3 is 3.00 bits per heavy atom. The molecule has 1 saturated heterocycles. The molecule has 0 spiro atoms. The molecule has 1 heterocycles. The third-order valence-electron chi connectivity index (χ3n) is 3.33. The van der Waals surface area contributed by atoms with Crippen LogP contribution < -0.4 is 10.1 Å². The Balaban J connectivity index is 2.14. The Morgan fingerprint density at radius 2 is 2.33 bits per heavy atom. The number of hydrogen-bond acceptors (Lipinski definition) is 4. The van der Waals surface area contributed by atoms with Crippen LogP contribution in [-0.4, -0.2) is 38.2 Å². The van der Waals surface area contributed by atoms with Crippen molar-refractivity contribution in [2.75, 3.05) is 32.6 Å². The van der Waals surface area contributed by atoms with Crippen LogP contribution in [0.5, 0.6) is 5.75 Å². The second-order valence-electron chi connectivity index (χ2n) is 4.77. The van der Waals surface area contributed by atoms with Crippen LogP contribution >= 0.6 is 0 Å². The maximum absolute atomic E-state index is 9.12. The first-order chi connectivity index (χ1) is 8.72. The molecule has 0 bridgehead atoms. The fourth-order valence-electron chi connectivity index (χ4n) is 2.37. The Labute approximate surface area is 108 Å². The van der Waals surface area contributed by atoms with Gasteiger partial charge in [-0.25, -0.2) is 0 Å². The van der Waals surface area contributed by atoms with Crippen molar-refractivity contribution in [3.63, 3.8) is 0 Å². The molecule has 0 radical (unpaired) electrons. The molecule has 1 aromatic carbocycles. The molecule has 0 aliphatic carbocycles. The van der Waals surface area contributed by atoms with Gasteiger partial charge in [0.25, 0.3) is 0 Å². The maximum Gasteiger partial charge on any atom is 0.121 e. The zero-order valence-electron chi connectivity index (χ0n) is 10.9. The van der Waals surface area contributed by atoms with Gasteiger partial charge in [0.1, 0.15) is 11.8 Å². The molecule has 1 N–H and O–H groups in total. The van der Waals surface area contributed by atoms with E-state index in [2.05, 4.69) is 23.3 Å². The smallest absolute Gasteiger partial charge is 0.121 e. The van der Waals surface area contributed by atoms with Crippen molar-refractivity contribution in [3.05, 3.63) is 23.8 Å². The van der Waals surface area contributed by atoms with E-state index in [4.69, 9.17) is 10.00 Å². The highest BCUT2D eigenvalue weighted by atomic mass is 16.5. The van der Waals surface area contributed by atoms with Crippen molar-refractivity contribution in [1.29, 1.82) is 5.26 Å². The minimum atomic E-state index is 0.406. The molecule has 4 heteroatoms. The van der Waals surface area contributed by atoms with Crippen LogP contribution in [0.3, 0.4) is 0 Å². The van der Waals surface area contributed by atoms with Crippen LogP contribution in [0.1, 0.15) is 18.4 Å². The zero-order valence-corrected chi connectivity index (χ0v) is 10.9. The normalized spacial score (nSPS) is 20.2. The van der Waals surface area contributed by atoms with Crippen molar-refractivity contribution in [2.45, 2.75) is 18.9 Å². The lowest BCUT2D eigenvalue weighted by molar-refractivity contribution is 0.261. The Kier molecular flexibility index (Phi) is 4.06. The van der Waals surface area contributed by atoms with E-state index in [1.807, 2.05) is 12.1 Å². The second-order valence-corrected chi connectivity index (χ2v) is 4.77. The molecule has 96 valence electrons. The molecule has 18 heavy (non-hydrogen) atoms. The molecule has 1 fully saturated rings. The van der Waals surface area contributed by atoms with Crippen molar-refractivity contribution in [3.8, 4) is 11.8 Å². The predicted molar refractivity (Wildman–Crippen MR) is 71.9 cm³/mol. The van der Waals surface area contributed by atoms with Crippen LogP contribution in [0, 0.1) is 11.3 Å². The first kappa shape index (κ1) is 12.7. The van der Waals surface area contributed by atoms with E-state index in [0.29, 0.717) is 11.6 Å². The van der Waals surface area contributed by atoms with E-state index in [-0.39, 0.29) is 0 Å². The molecule has 0 saturated carbocycles. The number of piperidine rings is 1. The first-order valence-corrected chi connectivity index (χ1v) is 6.26. The van der Waals surface area contributed by atoms with Gasteiger partial charge in [0, 0.05) is 18.7 Å². The molecular weight excluding hydrogens is 226 g/mol. The molecular formula is C14H19N3O. The monoisotopic (exact) mass is 245 g/mol. The third kappa shape index (κ3) is 2.93. The number of likely N-dealkylation sites (N-methyl/N-ethyl adjacent to an activating group) is 1. The average molecular weight is 245 g/mol. The molecule has 1 atom stereocenters. The highest BCUT2D eigenvalue weighted by Crippen LogP contribution is 2.24. The topological polar surface area (TPSA) is 48.3 Å². The zero-order chi connectivity index (χ0) is 13.0. The molecule has 0 amide bonds. The maximum atomic E-state index is 9.12. The number of nitrogens with zero attached hydrogens (tertiary/aromatic N) is 2. The number of anilines is 1. The molecule has 1 unspecified atom stereocenters. The van der Waals surface area contributed by atoms with E-state index < -0.39 is 0 Å². The SMILES string of the molecule is COc1ccc(C#N)c(NC2CCCN(C)C2)c1. The fourth-order valence-corrected chi connectivity index (χ4v) is 2.37. The molecule has 2 rings (SSSR count). The van der Waals surface area contributed by atoms with Crippen molar-refractivity contribution < 1.29 is 4.74 Å². The van der Waals surface area contributed by atoms with Crippen molar-refractivity contribution in [1.82, 2.24) is 4.90 Å². The summed E-state index contributed by atoms with van der Waals surface area (Å²) in [6.45, 7) is 2.17. The Hall–Kier alpha value is -1.73. The van der Waals surface area contributed by atoms with Crippen molar-refractivity contribution in [2.24, 2.45) is 0 Å². The summed E-state index contributed by atoms with van der Waals surface area (Å²) in [7, 11) is 3.77. The lowest BCUT2D eigenvalue weighted by Gasteiger charge is -2.31. The minimum Gasteiger partial charge on any atom is -0.497 e. The number of nitrogens with one attached hydrogen (secondary N) is 1. The van der Waals surface area contributed by atoms with Gasteiger partial charge >= 0.3 is 0 Å². The number of ether oxygens (including phenoxy) is 1. The number of nitriles is 1. The van der Waals surface area contributed by atoms with Crippen LogP contribution in [-0.2, 0) is 0 Å². The second kappa shape index (κ2) is 5.74. The highest BCUT2D eigenvalue weighted by Gasteiger charge is 2.18. The minimum absolute atomic E-state index is 0.406. The van der Waals surface area contributed by atoms with E-state index in [0.717, 1.165) is 30.9 Å². The number of likely N-dealkylation sites (tertiary alicyclic amines) is 1. The highest BCUT2D eigenvalue weighted by molar-refractivity contribution is 5.60. The van der Waals surface area contributed by atoms with Crippen molar-refractivity contribution >= 4 is 5.69 Å².